The quantitative estimate of drug-likeness (QED) is 0.639. The topological polar surface area (TPSA) is 12.0 Å². The van der Waals surface area contributed by atoms with Crippen LogP contribution in [0.2, 0.25) is 0 Å². The molecule has 2 heteroatoms. The molecule has 1 N–H and O–H groups in total. The Hall–Kier alpha value is 0.310. The van der Waals surface area contributed by atoms with Crippen LogP contribution in [-0.2, 0) is 0 Å². The van der Waals surface area contributed by atoms with Crippen LogP contribution in [0.5, 0.6) is 0 Å². The Morgan fingerprint density at radius 3 is 3.09 bits per heavy atom. The number of thioether (sulfide) groups is 1. The molecule has 1 unspecified atom stereocenters. The number of unbranched alkanes of at least 4 members (excludes halogenated alkanes) is 1. The SMILES string of the molecule is CCCCSCC1CCNC1. The average Bonchev–Trinajstić information content (AvgIpc) is 2.50. The molecule has 1 aliphatic heterocycles. The Kier molecular flexibility index (Phi) is 5.04. The highest BCUT2D eigenvalue weighted by molar-refractivity contribution is 7.99. The van der Waals surface area contributed by atoms with Crippen molar-refractivity contribution < 1.29 is 0 Å². The molecular weight excluding hydrogens is 154 g/mol. The van der Waals surface area contributed by atoms with E-state index in [1.54, 1.807) is 0 Å². The molecule has 0 spiro atoms. The van der Waals surface area contributed by atoms with Crippen LogP contribution in [-0.4, -0.2) is 24.6 Å². The summed E-state index contributed by atoms with van der Waals surface area (Å²) in [7, 11) is 0. The molecule has 0 aromatic carbocycles. The summed E-state index contributed by atoms with van der Waals surface area (Å²) in [5.41, 5.74) is 0. The van der Waals surface area contributed by atoms with Gasteiger partial charge in [0.15, 0.2) is 0 Å². The Morgan fingerprint density at radius 1 is 1.55 bits per heavy atom. The van der Waals surface area contributed by atoms with Crippen molar-refractivity contribution in [2.45, 2.75) is 26.2 Å². The summed E-state index contributed by atoms with van der Waals surface area (Å²) in [5.74, 6) is 3.72. The Balaban J connectivity index is 1.86. The van der Waals surface area contributed by atoms with Crippen LogP contribution in [0, 0.1) is 5.92 Å². The minimum absolute atomic E-state index is 0.969. The molecule has 0 bridgehead atoms. The fourth-order valence-corrected chi connectivity index (χ4v) is 2.63. The summed E-state index contributed by atoms with van der Waals surface area (Å²) in [6.45, 7) is 4.77. The summed E-state index contributed by atoms with van der Waals surface area (Å²) in [5, 5.41) is 3.40. The molecular formula is C9H19NS. The molecule has 1 atom stereocenters. The van der Waals surface area contributed by atoms with Gasteiger partial charge in [0, 0.05) is 0 Å². The number of hydrogen-bond acceptors (Lipinski definition) is 2. The normalized spacial score (nSPS) is 24.3. The first-order chi connectivity index (χ1) is 5.43. The van der Waals surface area contributed by atoms with Crippen molar-refractivity contribution in [1.82, 2.24) is 5.32 Å². The van der Waals surface area contributed by atoms with Crippen molar-refractivity contribution in [1.29, 1.82) is 0 Å². The molecule has 1 aliphatic rings. The zero-order valence-electron chi connectivity index (χ0n) is 7.44. The van der Waals surface area contributed by atoms with Gasteiger partial charge in [-0.3, -0.25) is 0 Å². The lowest BCUT2D eigenvalue weighted by atomic mass is 10.2. The Morgan fingerprint density at radius 2 is 2.45 bits per heavy atom. The van der Waals surface area contributed by atoms with Gasteiger partial charge < -0.3 is 5.32 Å². The molecule has 11 heavy (non-hydrogen) atoms. The fraction of sp³-hybridized carbons (Fsp3) is 1.00. The van der Waals surface area contributed by atoms with Crippen molar-refractivity contribution >= 4 is 11.8 Å². The molecule has 1 heterocycles. The predicted octanol–water partition coefficient (Wildman–Crippen LogP) is 2.13. The van der Waals surface area contributed by atoms with E-state index in [2.05, 4.69) is 24.0 Å². The third-order valence-electron chi connectivity index (χ3n) is 2.16. The Labute approximate surface area is 74.3 Å². The number of hydrogen-bond donors (Lipinski definition) is 1. The van der Waals surface area contributed by atoms with E-state index in [0.717, 1.165) is 5.92 Å². The van der Waals surface area contributed by atoms with Gasteiger partial charge in [0.05, 0.1) is 0 Å². The summed E-state index contributed by atoms with van der Waals surface area (Å²) in [6.07, 6.45) is 4.14. The van der Waals surface area contributed by atoms with E-state index < -0.39 is 0 Å². The van der Waals surface area contributed by atoms with Gasteiger partial charge in [0.2, 0.25) is 0 Å². The first-order valence-electron chi connectivity index (χ1n) is 4.72. The summed E-state index contributed by atoms with van der Waals surface area (Å²) in [4.78, 5) is 0. The molecule has 0 saturated carbocycles. The highest BCUT2D eigenvalue weighted by Crippen LogP contribution is 2.15. The molecule has 0 amide bonds. The lowest BCUT2D eigenvalue weighted by molar-refractivity contribution is 0.662. The fourth-order valence-electron chi connectivity index (χ4n) is 1.35. The lowest BCUT2D eigenvalue weighted by Gasteiger charge is -2.06. The smallest absolute Gasteiger partial charge is 0.00121 e. The van der Waals surface area contributed by atoms with Crippen LogP contribution >= 0.6 is 11.8 Å². The molecule has 66 valence electrons. The van der Waals surface area contributed by atoms with Gasteiger partial charge in [-0.05, 0) is 43.4 Å². The van der Waals surface area contributed by atoms with Gasteiger partial charge in [-0.1, -0.05) is 13.3 Å². The maximum Gasteiger partial charge on any atom is -0.00121 e. The molecule has 1 saturated heterocycles. The molecule has 0 radical (unpaired) electrons. The van der Waals surface area contributed by atoms with Crippen LogP contribution in [0.25, 0.3) is 0 Å². The van der Waals surface area contributed by atoms with Gasteiger partial charge in [0.25, 0.3) is 0 Å². The highest BCUT2D eigenvalue weighted by Gasteiger charge is 2.13. The van der Waals surface area contributed by atoms with E-state index in [0.29, 0.717) is 0 Å². The summed E-state index contributed by atoms with van der Waals surface area (Å²) >= 11 is 2.14. The second-order valence-corrected chi connectivity index (χ2v) is 4.44. The maximum absolute atomic E-state index is 3.40. The van der Waals surface area contributed by atoms with E-state index in [-0.39, 0.29) is 0 Å². The van der Waals surface area contributed by atoms with E-state index in [1.165, 1.54) is 43.9 Å². The van der Waals surface area contributed by atoms with Crippen LogP contribution in [0.1, 0.15) is 26.2 Å². The predicted molar refractivity (Wildman–Crippen MR) is 53.2 cm³/mol. The van der Waals surface area contributed by atoms with Gasteiger partial charge >= 0.3 is 0 Å². The van der Waals surface area contributed by atoms with Crippen molar-refractivity contribution in [3.63, 3.8) is 0 Å². The van der Waals surface area contributed by atoms with Crippen LogP contribution < -0.4 is 5.32 Å². The molecule has 1 fully saturated rings. The van der Waals surface area contributed by atoms with E-state index in [1.807, 2.05) is 0 Å². The van der Waals surface area contributed by atoms with Crippen molar-refractivity contribution in [2.24, 2.45) is 5.92 Å². The zero-order chi connectivity index (χ0) is 7.94. The van der Waals surface area contributed by atoms with Crippen LogP contribution in [0.3, 0.4) is 0 Å². The average molecular weight is 173 g/mol. The standard InChI is InChI=1S/C9H19NS/c1-2-3-6-11-8-9-4-5-10-7-9/h9-10H,2-8H2,1H3. The van der Waals surface area contributed by atoms with Crippen molar-refractivity contribution in [3.05, 3.63) is 0 Å². The monoisotopic (exact) mass is 173 g/mol. The molecule has 1 nitrogen and oxygen atoms in total. The summed E-state index contributed by atoms with van der Waals surface area (Å²) in [6, 6.07) is 0. The van der Waals surface area contributed by atoms with Crippen LogP contribution in [0.4, 0.5) is 0 Å². The van der Waals surface area contributed by atoms with Crippen LogP contribution in [0.15, 0.2) is 0 Å². The molecule has 0 aliphatic carbocycles. The zero-order valence-corrected chi connectivity index (χ0v) is 8.25. The maximum atomic E-state index is 3.40. The molecule has 0 aromatic rings. The first-order valence-corrected chi connectivity index (χ1v) is 5.87. The largest absolute Gasteiger partial charge is 0.316 e. The minimum Gasteiger partial charge on any atom is -0.316 e. The number of rotatable bonds is 5. The number of nitrogens with one attached hydrogen (secondary N) is 1. The third kappa shape index (κ3) is 4.02. The molecule has 1 rings (SSSR count). The summed E-state index contributed by atoms with van der Waals surface area (Å²) < 4.78 is 0. The third-order valence-corrected chi connectivity index (χ3v) is 3.44. The van der Waals surface area contributed by atoms with E-state index in [4.69, 9.17) is 0 Å². The van der Waals surface area contributed by atoms with Crippen molar-refractivity contribution in [2.75, 3.05) is 24.6 Å². The second-order valence-electron chi connectivity index (χ2n) is 3.29. The Bertz CT molecular complexity index is 89.6. The van der Waals surface area contributed by atoms with E-state index in [9.17, 15) is 0 Å². The first kappa shape index (κ1) is 9.40. The minimum atomic E-state index is 0.969. The van der Waals surface area contributed by atoms with Crippen molar-refractivity contribution in [3.8, 4) is 0 Å². The van der Waals surface area contributed by atoms with Gasteiger partial charge in [-0.15, -0.1) is 0 Å². The van der Waals surface area contributed by atoms with E-state index >= 15 is 0 Å². The molecule has 0 aromatic heterocycles. The van der Waals surface area contributed by atoms with Gasteiger partial charge in [0.1, 0.15) is 0 Å². The van der Waals surface area contributed by atoms with Gasteiger partial charge in [-0.2, -0.15) is 11.8 Å². The highest BCUT2D eigenvalue weighted by atomic mass is 32.2. The lowest BCUT2D eigenvalue weighted by Crippen LogP contribution is -2.10. The van der Waals surface area contributed by atoms with Gasteiger partial charge in [-0.25, -0.2) is 0 Å². The second kappa shape index (κ2) is 5.90.